The number of anilines is 1. The van der Waals surface area contributed by atoms with E-state index in [1.807, 2.05) is 37.3 Å². The van der Waals surface area contributed by atoms with Crippen LogP contribution < -0.4 is 20.1 Å². The zero-order chi connectivity index (χ0) is 20.6. The lowest BCUT2D eigenvalue weighted by Gasteiger charge is -2.13. The van der Waals surface area contributed by atoms with E-state index in [9.17, 15) is 4.79 Å². The summed E-state index contributed by atoms with van der Waals surface area (Å²) in [5, 5.41) is 15.0. The van der Waals surface area contributed by atoms with Gasteiger partial charge in [-0.3, -0.25) is 4.79 Å². The second-order valence-corrected chi connectivity index (χ2v) is 7.41. The minimum atomic E-state index is -0.231. The molecular formula is C22H23N3O3S. The van der Waals surface area contributed by atoms with Crippen molar-refractivity contribution in [3.05, 3.63) is 58.5 Å². The Morgan fingerprint density at radius 3 is 2.66 bits per heavy atom. The minimum absolute atomic E-state index is 0.0502. The van der Waals surface area contributed by atoms with Crippen molar-refractivity contribution in [3.63, 3.8) is 0 Å². The molecule has 1 heterocycles. The summed E-state index contributed by atoms with van der Waals surface area (Å²) in [5.41, 5.74) is 2.82. The molecule has 0 radical (unpaired) electrons. The highest BCUT2D eigenvalue weighted by Gasteiger charge is 2.27. The highest BCUT2D eigenvalue weighted by atomic mass is 32.2. The molecule has 7 heteroatoms. The van der Waals surface area contributed by atoms with Crippen molar-refractivity contribution in [2.45, 2.75) is 25.8 Å². The van der Waals surface area contributed by atoms with Crippen molar-refractivity contribution in [1.82, 2.24) is 5.32 Å². The number of ether oxygens (including phenoxy) is 2. The molecule has 1 fully saturated rings. The molecule has 1 atom stereocenters. The van der Waals surface area contributed by atoms with Crippen molar-refractivity contribution >= 4 is 29.4 Å². The van der Waals surface area contributed by atoms with E-state index in [2.05, 4.69) is 29.7 Å². The Labute approximate surface area is 174 Å². The number of hydrogen-bond donors (Lipinski definition) is 2. The smallest absolute Gasteiger partial charge is 0.260 e. The zero-order valence-corrected chi connectivity index (χ0v) is 17.2. The van der Waals surface area contributed by atoms with Crippen LogP contribution in [0, 0.1) is 11.3 Å². The van der Waals surface area contributed by atoms with Gasteiger partial charge in [0.25, 0.3) is 5.91 Å². The third-order valence-electron chi connectivity index (χ3n) is 4.25. The number of nitriles is 1. The lowest BCUT2D eigenvalue weighted by Crippen LogP contribution is -2.30. The van der Waals surface area contributed by atoms with Gasteiger partial charge in [0, 0.05) is 5.69 Å². The van der Waals surface area contributed by atoms with Crippen LogP contribution in [-0.2, 0) is 11.2 Å². The normalized spacial score (nSPS) is 16.9. The van der Waals surface area contributed by atoms with Gasteiger partial charge in [-0.05, 0) is 54.8 Å². The average Bonchev–Trinajstić information content (AvgIpc) is 3.07. The van der Waals surface area contributed by atoms with Crippen LogP contribution in [0.4, 0.5) is 5.69 Å². The maximum Gasteiger partial charge on any atom is 0.260 e. The van der Waals surface area contributed by atoms with E-state index in [0.717, 1.165) is 17.7 Å². The van der Waals surface area contributed by atoms with Crippen LogP contribution >= 0.6 is 11.8 Å². The number of benzene rings is 2. The van der Waals surface area contributed by atoms with Crippen LogP contribution in [0.25, 0.3) is 6.08 Å². The molecule has 1 aliphatic rings. The fraction of sp³-hybridized carbons (Fsp3) is 0.273. The van der Waals surface area contributed by atoms with Gasteiger partial charge in [-0.2, -0.15) is 5.26 Å². The van der Waals surface area contributed by atoms with E-state index in [0.29, 0.717) is 23.0 Å². The summed E-state index contributed by atoms with van der Waals surface area (Å²) in [6.07, 6.45) is 2.81. The van der Waals surface area contributed by atoms with Crippen LogP contribution in [-0.4, -0.2) is 24.6 Å². The zero-order valence-electron chi connectivity index (χ0n) is 16.4. The Balaban J connectivity index is 1.71. The first kappa shape index (κ1) is 20.6. The number of amides is 1. The van der Waals surface area contributed by atoms with E-state index >= 15 is 0 Å². The fourth-order valence-corrected chi connectivity index (χ4v) is 3.80. The summed E-state index contributed by atoms with van der Waals surface area (Å²) >= 11 is 1.43. The molecule has 1 saturated heterocycles. The van der Waals surface area contributed by atoms with E-state index in [1.54, 1.807) is 12.1 Å². The summed E-state index contributed by atoms with van der Waals surface area (Å²) in [6, 6.07) is 15.5. The lowest BCUT2D eigenvalue weighted by atomic mass is 10.1. The molecule has 2 aromatic rings. The minimum Gasteiger partial charge on any atom is -0.490 e. The Kier molecular flexibility index (Phi) is 7.04. The first-order chi connectivity index (χ1) is 14.1. The molecule has 150 valence electrons. The molecule has 0 aliphatic carbocycles. The van der Waals surface area contributed by atoms with Gasteiger partial charge in [-0.15, -0.1) is 0 Å². The highest BCUT2D eigenvalue weighted by Crippen LogP contribution is 2.33. The van der Waals surface area contributed by atoms with Crippen LogP contribution in [0.3, 0.4) is 0 Å². The van der Waals surface area contributed by atoms with Gasteiger partial charge in [0.1, 0.15) is 6.07 Å². The number of carbonyl (C=O) groups is 1. The standard InChI is InChI=1S/C22H23N3O3S/c1-3-15-5-8-17(9-6-15)24-22-25-21(26)20(29-22)14-16-7-10-18(28-12-11-23)19(13-16)27-4-2/h5-10,13-14,22,24H,3-4,12H2,1-2H3,(H,25,26)/b20-14-/t22-/m0/s1. The number of nitrogens with zero attached hydrogens (tertiary/aromatic N) is 1. The number of carbonyl (C=O) groups excluding carboxylic acids is 1. The molecule has 2 aromatic carbocycles. The monoisotopic (exact) mass is 409 g/mol. The maximum atomic E-state index is 12.4. The summed E-state index contributed by atoms with van der Waals surface area (Å²) in [7, 11) is 0. The predicted molar refractivity (Wildman–Crippen MR) is 116 cm³/mol. The van der Waals surface area contributed by atoms with Crippen molar-refractivity contribution in [2.75, 3.05) is 18.5 Å². The molecule has 2 N–H and O–H groups in total. The summed E-state index contributed by atoms with van der Waals surface area (Å²) < 4.78 is 11.0. The molecule has 6 nitrogen and oxygen atoms in total. The van der Waals surface area contributed by atoms with Crippen LogP contribution in [0.5, 0.6) is 11.5 Å². The van der Waals surface area contributed by atoms with Crippen LogP contribution in [0.1, 0.15) is 25.0 Å². The quantitative estimate of drug-likeness (QED) is 0.638. The maximum absolute atomic E-state index is 12.4. The van der Waals surface area contributed by atoms with Crippen LogP contribution in [0.15, 0.2) is 47.4 Å². The van der Waals surface area contributed by atoms with Gasteiger partial charge in [-0.25, -0.2) is 0 Å². The molecule has 1 amide bonds. The predicted octanol–water partition coefficient (Wildman–Crippen LogP) is 4.15. The highest BCUT2D eigenvalue weighted by molar-refractivity contribution is 8.05. The van der Waals surface area contributed by atoms with Crippen molar-refractivity contribution in [3.8, 4) is 17.6 Å². The summed E-state index contributed by atoms with van der Waals surface area (Å²) in [6.45, 7) is 4.42. The molecule has 0 spiro atoms. The second kappa shape index (κ2) is 9.89. The van der Waals surface area contributed by atoms with Gasteiger partial charge in [0.05, 0.1) is 11.5 Å². The summed E-state index contributed by atoms with van der Waals surface area (Å²) in [5.74, 6) is 0.931. The van der Waals surface area contributed by atoms with Gasteiger partial charge >= 0.3 is 0 Å². The first-order valence-electron chi connectivity index (χ1n) is 9.44. The molecule has 0 unspecified atom stereocenters. The molecule has 0 saturated carbocycles. The number of thioether (sulfide) groups is 1. The Hall–Kier alpha value is -3.11. The van der Waals surface area contributed by atoms with Crippen molar-refractivity contribution in [1.29, 1.82) is 5.26 Å². The summed E-state index contributed by atoms with van der Waals surface area (Å²) in [4.78, 5) is 13.0. The molecular weight excluding hydrogens is 386 g/mol. The number of rotatable bonds is 8. The molecule has 3 rings (SSSR count). The molecule has 0 aromatic heterocycles. The Morgan fingerprint density at radius 1 is 1.17 bits per heavy atom. The Bertz CT molecular complexity index is 935. The van der Waals surface area contributed by atoms with E-state index in [1.165, 1.54) is 17.3 Å². The van der Waals surface area contributed by atoms with Crippen molar-refractivity contribution < 1.29 is 14.3 Å². The largest absolute Gasteiger partial charge is 0.490 e. The van der Waals surface area contributed by atoms with Crippen LogP contribution in [0.2, 0.25) is 0 Å². The fourth-order valence-electron chi connectivity index (χ4n) is 2.82. The second-order valence-electron chi connectivity index (χ2n) is 6.26. The van der Waals surface area contributed by atoms with Crippen molar-refractivity contribution in [2.24, 2.45) is 0 Å². The first-order valence-corrected chi connectivity index (χ1v) is 10.3. The van der Waals surface area contributed by atoms with Gasteiger partial charge in [-0.1, -0.05) is 36.9 Å². The number of nitrogens with one attached hydrogen (secondary N) is 2. The van der Waals surface area contributed by atoms with Gasteiger partial charge < -0.3 is 20.1 Å². The molecule has 29 heavy (non-hydrogen) atoms. The molecule has 1 aliphatic heterocycles. The number of aryl methyl sites for hydroxylation is 1. The lowest BCUT2D eigenvalue weighted by molar-refractivity contribution is -0.116. The molecule has 0 bridgehead atoms. The van der Waals surface area contributed by atoms with E-state index < -0.39 is 0 Å². The Morgan fingerprint density at radius 2 is 1.97 bits per heavy atom. The third-order valence-corrected chi connectivity index (χ3v) is 5.28. The number of hydrogen-bond acceptors (Lipinski definition) is 6. The van der Waals surface area contributed by atoms with Gasteiger partial charge in [0.15, 0.2) is 23.6 Å². The SMILES string of the molecule is CCOc1cc(/C=C2\S[C@@H](Nc3ccc(CC)cc3)NC2=O)ccc1OCC#N. The van der Waals surface area contributed by atoms with Gasteiger partial charge in [0.2, 0.25) is 0 Å². The topological polar surface area (TPSA) is 83.4 Å². The third kappa shape index (κ3) is 5.46. The average molecular weight is 410 g/mol. The van der Waals surface area contributed by atoms with E-state index in [-0.39, 0.29) is 18.0 Å². The van der Waals surface area contributed by atoms with E-state index in [4.69, 9.17) is 14.7 Å².